The average molecular weight is 611 g/mol. The van der Waals surface area contributed by atoms with Gasteiger partial charge < -0.3 is 10.2 Å². The smallest absolute Gasteiger partial charge is 0.351 e. The third-order valence-corrected chi connectivity index (χ3v) is 10.3. The largest absolute Gasteiger partial charge is 0.433 e. The summed E-state index contributed by atoms with van der Waals surface area (Å²) in [6, 6.07) is 11.6. The van der Waals surface area contributed by atoms with E-state index in [2.05, 4.69) is 25.2 Å². The second-order valence-electron chi connectivity index (χ2n) is 11.4. The van der Waals surface area contributed by atoms with Crippen LogP contribution in [0.15, 0.2) is 59.9 Å². The Hall–Kier alpha value is -3.61. The highest BCUT2D eigenvalue weighted by Crippen LogP contribution is 2.35. The molecule has 0 aliphatic carbocycles. The van der Waals surface area contributed by atoms with Crippen molar-refractivity contribution in [1.29, 1.82) is 0 Å². The number of pyridine rings is 1. The lowest BCUT2D eigenvalue weighted by atomic mass is 9.98. The van der Waals surface area contributed by atoms with E-state index >= 15 is 0 Å². The molecule has 0 spiro atoms. The summed E-state index contributed by atoms with van der Waals surface area (Å²) in [5, 5.41) is 4.09. The number of aryl methyl sites for hydroxylation is 1. The molecule has 4 aromatic rings. The Kier molecular flexibility index (Phi) is 7.86. The number of hydrogen-bond donors (Lipinski definition) is 1. The molecule has 226 valence electrons. The van der Waals surface area contributed by atoms with Gasteiger partial charge in [-0.2, -0.15) is 13.2 Å². The highest BCUT2D eigenvalue weighted by Gasteiger charge is 2.32. The van der Waals surface area contributed by atoms with Crippen LogP contribution in [0.4, 0.5) is 19.0 Å². The average Bonchev–Trinajstić information content (AvgIpc) is 3.00. The van der Waals surface area contributed by atoms with Crippen LogP contribution >= 0.6 is 0 Å². The number of piperidine rings is 1. The van der Waals surface area contributed by atoms with Crippen molar-refractivity contribution < 1.29 is 21.6 Å². The van der Waals surface area contributed by atoms with Crippen LogP contribution in [0.3, 0.4) is 0 Å². The Balaban J connectivity index is 1.29. The predicted molar refractivity (Wildman–Crippen MR) is 159 cm³/mol. The van der Waals surface area contributed by atoms with Crippen molar-refractivity contribution in [2.75, 3.05) is 38.1 Å². The molecule has 2 aliphatic heterocycles. The number of nitrogens with one attached hydrogen (secondary N) is 1. The number of benzene rings is 2. The predicted octanol–water partition coefficient (Wildman–Crippen LogP) is 5.20. The Morgan fingerprint density at radius 2 is 1.79 bits per heavy atom. The van der Waals surface area contributed by atoms with Crippen molar-refractivity contribution in [3.05, 3.63) is 77.4 Å². The lowest BCUT2D eigenvalue weighted by Crippen LogP contribution is -2.37. The van der Waals surface area contributed by atoms with E-state index in [1.54, 1.807) is 19.2 Å². The topological polar surface area (TPSA) is 91.3 Å². The lowest BCUT2D eigenvalue weighted by molar-refractivity contribution is -0.141. The maximum Gasteiger partial charge on any atom is 0.433 e. The minimum Gasteiger partial charge on any atom is -0.351 e. The number of fused-ring (bicyclic) bond motifs is 2. The van der Waals surface area contributed by atoms with Crippen LogP contribution in [-0.2, 0) is 29.2 Å². The third kappa shape index (κ3) is 5.96. The fourth-order valence-electron chi connectivity index (χ4n) is 6.06. The molecule has 4 heterocycles. The van der Waals surface area contributed by atoms with Gasteiger partial charge in [0.2, 0.25) is 10.0 Å². The fourth-order valence-corrected chi connectivity index (χ4v) is 7.36. The van der Waals surface area contributed by atoms with Gasteiger partial charge in [0.25, 0.3) is 0 Å². The van der Waals surface area contributed by atoms with Crippen LogP contribution in [0.2, 0.25) is 0 Å². The van der Waals surface area contributed by atoms with Crippen LogP contribution in [0.25, 0.3) is 22.0 Å². The summed E-state index contributed by atoms with van der Waals surface area (Å²) >= 11 is 0. The minimum atomic E-state index is -4.51. The Morgan fingerprint density at radius 1 is 1.00 bits per heavy atom. The number of rotatable bonds is 6. The number of aromatic nitrogens is 3. The fraction of sp³-hybridized carbons (Fsp3) is 0.387. The first-order chi connectivity index (χ1) is 20.5. The molecule has 0 bridgehead atoms. The summed E-state index contributed by atoms with van der Waals surface area (Å²) in [4.78, 5) is 15.1. The van der Waals surface area contributed by atoms with E-state index in [-0.39, 0.29) is 4.90 Å². The van der Waals surface area contributed by atoms with Gasteiger partial charge >= 0.3 is 6.18 Å². The molecule has 6 rings (SSSR count). The van der Waals surface area contributed by atoms with E-state index in [0.717, 1.165) is 59.6 Å². The molecule has 2 aromatic carbocycles. The van der Waals surface area contributed by atoms with Crippen molar-refractivity contribution >= 4 is 26.7 Å². The minimum absolute atomic E-state index is 0.282. The van der Waals surface area contributed by atoms with Gasteiger partial charge in [-0.1, -0.05) is 12.1 Å². The number of alkyl halides is 3. The van der Waals surface area contributed by atoms with Gasteiger partial charge in [-0.25, -0.2) is 22.7 Å². The molecule has 0 saturated carbocycles. The van der Waals surface area contributed by atoms with Crippen LogP contribution in [0.5, 0.6) is 0 Å². The van der Waals surface area contributed by atoms with Gasteiger partial charge in [0.05, 0.1) is 10.4 Å². The highest BCUT2D eigenvalue weighted by atomic mass is 32.2. The summed E-state index contributed by atoms with van der Waals surface area (Å²) in [6.07, 6.45) is 0.869. The molecule has 1 saturated heterocycles. The summed E-state index contributed by atoms with van der Waals surface area (Å²) < 4.78 is 67.7. The monoisotopic (exact) mass is 610 g/mol. The second kappa shape index (κ2) is 11.5. The molecule has 2 aliphatic rings. The first-order valence-electron chi connectivity index (χ1n) is 14.3. The summed E-state index contributed by atoms with van der Waals surface area (Å²) in [6.45, 7) is 5.36. The van der Waals surface area contributed by atoms with Gasteiger partial charge in [0, 0.05) is 43.8 Å². The SMILES string of the molecule is Cc1cc(-c2ccc(C(F)(F)F)nc2)cc2c(N3CCc4ccc(S(=O)(=O)N(C)CC5CCNCC5)cc4C3)ncnc12. The van der Waals surface area contributed by atoms with Gasteiger partial charge in [0.1, 0.15) is 17.8 Å². The number of hydrogen-bond acceptors (Lipinski definition) is 7. The van der Waals surface area contributed by atoms with Gasteiger partial charge in [0.15, 0.2) is 0 Å². The zero-order valence-corrected chi connectivity index (χ0v) is 24.8. The summed E-state index contributed by atoms with van der Waals surface area (Å²) in [7, 11) is -2.00. The van der Waals surface area contributed by atoms with E-state index < -0.39 is 21.9 Å². The molecule has 2 aromatic heterocycles. The zero-order chi connectivity index (χ0) is 30.4. The zero-order valence-electron chi connectivity index (χ0n) is 24.0. The van der Waals surface area contributed by atoms with Crippen molar-refractivity contribution in [1.82, 2.24) is 24.6 Å². The van der Waals surface area contributed by atoms with Crippen LogP contribution in [0, 0.1) is 12.8 Å². The Bertz CT molecular complexity index is 1760. The number of anilines is 1. The van der Waals surface area contributed by atoms with E-state index in [1.807, 2.05) is 25.1 Å². The van der Waals surface area contributed by atoms with Crippen molar-refractivity contribution in [3.63, 3.8) is 0 Å². The molecule has 1 N–H and O–H groups in total. The molecule has 1 fully saturated rings. The second-order valence-corrected chi connectivity index (χ2v) is 13.4. The third-order valence-electron chi connectivity index (χ3n) is 8.47. The first kappa shape index (κ1) is 29.5. The van der Waals surface area contributed by atoms with Crippen molar-refractivity contribution in [2.45, 2.75) is 43.8 Å². The molecule has 0 amide bonds. The van der Waals surface area contributed by atoms with Gasteiger partial charge in [-0.3, -0.25) is 4.98 Å². The van der Waals surface area contributed by atoms with Gasteiger partial charge in [-0.15, -0.1) is 0 Å². The van der Waals surface area contributed by atoms with Gasteiger partial charge in [-0.05, 0) is 97.8 Å². The number of sulfonamides is 1. The molecule has 0 radical (unpaired) electrons. The molecule has 0 atom stereocenters. The van der Waals surface area contributed by atoms with Crippen LogP contribution in [-0.4, -0.2) is 60.9 Å². The number of nitrogens with zero attached hydrogens (tertiary/aromatic N) is 5. The first-order valence-corrected chi connectivity index (χ1v) is 15.8. The standard InChI is InChI=1S/C31H33F3N6O2S/c1-20-13-24(23-4-6-28(36-16-23)31(32,33)34)15-27-29(20)37-19-38-30(27)40-12-9-22-3-5-26(14-25(22)18-40)43(41,42)39(2)17-21-7-10-35-11-8-21/h3-6,13-16,19,21,35H,7-12,17-18H2,1-2H3. The Morgan fingerprint density at radius 3 is 2.51 bits per heavy atom. The van der Waals surface area contributed by atoms with E-state index in [0.29, 0.717) is 48.9 Å². The Labute approximate surface area is 249 Å². The van der Waals surface area contributed by atoms with E-state index in [1.165, 1.54) is 22.9 Å². The van der Waals surface area contributed by atoms with Crippen molar-refractivity contribution in [3.8, 4) is 11.1 Å². The maximum absolute atomic E-state index is 13.5. The molecule has 8 nitrogen and oxygen atoms in total. The molecule has 0 unspecified atom stereocenters. The molecular formula is C31H33F3N6O2S. The summed E-state index contributed by atoms with van der Waals surface area (Å²) in [5.41, 5.74) is 3.96. The van der Waals surface area contributed by atoms with Crippen LogP contribution in [0.1, 0.15) is 35.2 Å². The lowest BCUT2D eigenvalue weighted by Gasteiger charge is -2.31. The van der Waals surface area contributed by atoms with E-state index in [4.69, 9.17) is 0 Å². The van der Waals surface area contributed by atoms with Crippen molar-refractivity contribution in [2.24, 2.45) is 5.92 Å². The number of halogens is 3. The van der Waals surface area contributed by atoms with E-state index in [9.17, 15) is 21.6 Å². The normalized spacial score (nSPS) is 16.6. The molecular weight excluding hydrogens is 577 g/mol. The van der Waals surface area contributed by atoms with Crippen LogP contribution < -0.4 is 10.2 Å². The quantitative estimate of drug-likeness (QED) is 0.321. The molecule has 43 heavy (non-hydrogen) atoms. The highest BCUT2D eigenvalue weighted by molar-refractivity contribution is 7.89. The maximum atomic E-state index is 13.5. The summed E-state index contributed by atoms with van der Waals surface area (Å²) in [5.74, 6) is 1.03. The molecule has 12 heteroatoms.